The lowest BCUT2D eigenvalue weighted by Crippen LogP contribution is -2.45. The zero-order valence-corrected chi connectivity index (χ0v) is 30.8. The summed E-state index contributed by atoms with van der Waals surface area (Å²) in [5.74, 6) is 1.24. The molecule has 48 heavy (non-hydrogen) atoms. The topological polar surface area (TPSA) is 132 Å². The Hall–Kier alpha value is -4.31. The second-order valence-electron chi connectivity index (χ2n) is 13.6. The molecule has 0 aliphatic carbocycles. The van der Waals surface area contributed by atoms with Crippen molar-refractivity contribution >= 4 is 43.6 Å². The van der Waals surface area contributed by atoms with Crippen molar-refractivity contribution in [3.63, 3.8) is 0 Å². The van der Waals surface area contributed by atoms with Crippen molar-refractivity contribution in [1.29, 1.82) is 15.8 Å². The number of nitriles is 3. The molecule has 0 radical (unpaired) electrons. The predicted octanol–water partition coefficient (Wildman–Crippen LogP) is 7.84. The summed E-state index contributed by atoms with van der Waals surface area (Å²) >= 11 is 1.50. The van der Waals surface area contributed by atoms with Gasteiger partial charge < -0.3 is 28.6 Å². The smallest absolute Gasteiger partial charge is 0.192 e. The molecule has 2 aromatic rings. The van der Waals surface area contributed by atoms with Gasteiger partial charge in [-0.3, -0.25) is 0 Å². The Kier molecular flexibility index (Phi) is 11.3. The Morgan fingerprint density at radius 3 is 2.29 bits per heavy atom. The number of rotatable bonds is 11. The maximum atomic E-state index is 10.0. The SMILES string of the molecule is CCN(CCO)c1ccc(C=Cc2sc(C=CC3=C(C#N)C(=C(C#N)C#N)OC3(C)C)c3c2OCC(CO[Si](C)(C)C(C)(C)C)O3)cc1. The number of ether oxygens (including phenoxy) is 3. The van der Waals surface area contributed by atoms with Crippen LogP contribution < -0.4 is 14.4 Å². The average Bonchev–Trinajstić information content (AvgIpc) is 3.52. The fourth-order valence-corrected chi connectivity index (χ4v) is 7.10. The molecule has 1 aromatic carbocycles. The fraction of sp³-hybridized carbons (Fsp3) is 0.432. The van der Waals surface area contributed by atoms with Crippen LogP contribution in [0, 0.1) is 34.0 Å². The highest BCUT2D eigenvalue weighted by Gasteiger charge is 2.40. The van der Waals surface area contributed by atoms with Gasteiger partial charge in [-0.25, -0.2) is 0 Å². The molecular weight excluding hydrogens is 641 g/mol. The number of thiophene rings is 1. The molecule has 0 bridgehead atoms. The van der Waals surface area contributed by atoms with Crippen LogP contribution in [0.3, 0.4) is 0 Å². The van der Waals surface area contributed by atoms with E-state index in [0.29, 0.717) is 36.8 Å². The maximum Gasteiger partial charge on any atom is 0.192 e. The van der Waals surface area contributed by atoms with E-state index in [1.165, 1.54) is 11.3 Å². The van der Waals surface area contributed by atoms with Crippen molar-refractivity contribution in [2.75, 3.05) is 37.8 Å². The second-order valence-corrected chi connectivity index (χ2v) is 19.5. The molecule has 1 unspecified atom stereocenters. The number of likely N-dealkylation sites (N-methyl/N-ethyl adjacent to an activating group) is 1. The summed E-state index contributed by atoms with van der Waals surface area (Å²) in [4.78, 5) is 3.78. The fourth-order valence-electron chi connectivity index (χ4n) is 5.08. The molecule has 1 N–H and O–H groups in total. The first kappa shape index (κ1) is 36.5. The minimum Gasteiger partial charge on any atom is -0.484 e. The Bertz CT molecular complexity index is 1740. The molecule has 0 amide bonds. The first-order chi connectivity index (χ1) is 22.7. The highest BCUT2D eigenvalue weighted by molar-refractivity contribution is 7.14. The molecule has 252 valence electrons. The third-order valence-corrected chi connectivity index (χ3v) is 14.5. The van der Waals surface area contributed by atoms with E-state index < -0.39 is 13.9 Å². The molecule has 0 saturated carbocycles. The molecule has 0 saturated heterocycles. The van der Waals surface area contributed by atoms with Gasteiger partial charge in [0, 0.05) is 24.4 Å². The molecular formula is C37H44N4O5SSi. The quantitative estimate of drug-likeness (QED) is 0.186. The van der Waals surface area contributed by atoms with Crippen LogP contribution in [0.5, 0.6) is 11.5 Å². The van der Waals surface area contributed by atoms with Crippen molar-refractivity contribution in [2.45, 2.75) is 71.4 Å². The number of hydrogen-bond donors (Lipinski definition) is 1. The summed E-state index contributed by atoms with van der Waals surface area (Å²) in [6.07, 6.45) is 7.39. The van der Waals surface area contributed by atoms with Crippen molar-refractivity contribution in [3.8, 4) is 29.7 Å². The van der Waals surface area contributed by atoms with Crippen LogP contribution in [0.2, 0.25) is 18.1 Å². The number of aliphatic hydroxyl groups is 1. The molecule has 11 heteroatoms. The van der Waals surface area contributed by atoms with Crippen molar-refractivity contribution < 1.29 is 23.7 Å². The molecule has 1 atom stereocenters. The van der Waals surface area contributed by atoms with Gasteiger partial charge in [0.2, 0.25) is 0 Å². The summed E-state index contributed by atoms with van der Waals surface area (Å²) in [5, 5.41) is 38.3. The lowest BCUT2D eigenvalue weighted by Gasteiger charge is -2.37. The van der Waals surface area contributed by atoms with Crippen LogP contribution in [0.25, 0.3) is 18.2 Å². The number of benzene rings is 1. The minimum atomic E-state index is -2.02. The molecule has 2 aliphatic rings. The lowest BCUT2D eigenvalue weighted by molar-refractivity contribution is 0.0499. The number of fused-ring (bicyclic) bond motifs is 1. The number of anilines is 1. The van der Waals surface area contributed by atoms with E-state index in [4.69, 9.17) is 18.6 Å². The molecule has 2 aliphatic heterocycles. The highest BCUT2D eigenvalue weighted by Crippen LogP contribution is 2.48. The Balaban J connectivity index is 1.71. The molecule has 0 fully saturated rings. The van der Waals surface area contributed by atoms with Crippen LogP contribution in [-0.4, -0.2) is 58.0 Å². The van der Waals surface area contributed by atoms with E-state index in [1.807, 2.05) is 54.6 Å². The second kappa shape index (κ2) is 14.8. The van der Waals surface area contributed by atoms with Gasteiger partial charge in [0.25, 0.3) is 0 Å². The molecule has 4 rings (SSSR count). The third kappa shape index (κ3) is 7.86. The summed E-state index contributed by atoms with van der Waals surface area (Å²) in [5.41, 5.74) is 1.58. The largest absolute Gasteiger partial charge is 0.484 e. The van der Waals surface area contributed by atoms with Crippen LogP contribution in [0.1, 0.15) is 56.9 Å². The van der Waals surface area contributed by atoms with Gasteiger partial charge >= 0.3 is 0 Å². The van der Waals surface area contributed by atoms with E-state index in [9.17, 15) is 20.9 Å². The van der Waals surface area contributed by atoms with E-state index >= 15 is 0 Å². The Morgan fingerprint density at radius 1 is 1.06 bits per heavy atom. The first-order valence-corrected chi connectivity index (χ1v) is 19.7. The molecule has 1 aromatic heterocycles. The number of hydrogen-bond acceptors (Lipinski definition) is 10. The maximum absolute atomic E-state index is 10.0. The summed E-state index contributed by atoms with van der Waals surface area (Å²) in [7, 11) is -2.02. The number of nitrogens with zero attached hydrogens (tertiary/aromatic N) is 4. The van der Waals surface area contributed by atoms with E-state index in [0.717, 1.165) is 27.5 Å². The Labute approximate surface area is 289 Å². The van der Waals surface area contributed by atoms with E-state index in [1.54, 1.807) is 19.9 Å². The summed E-state index contributed by atoms with van der Waals surface area (Å²) in [6.45, 7) is 18.9. The van der Waals surface area contributed by atoms with Gasteiger partial charge in [-0.2, -0.15) is 15.8 Å². The van der Waals surface area contributed by atoms with Crippen LogP contribution in [0.15, 0.2) is 52.8 Å². The monoisotopic (exact) mass is 684 g/mol. The van der Waals surface area contributed by atoms with Gasteiger partial charge in [-0.05, 0) is 68.8 Å². The first-order valence-electron chi connectivity index (χ1n) is 16.0. The summed E-state index contributed by atoms with van der Waals surface area (Å²) < 4.78 is 25.3. The molecule has 9 nitrogen and oxygen atoms in total. The van der Waals surface area contributed by atoms with Gasteiger partial charge in [0.15, 0.2) is 37.3 Å². The van der Waals surface area contributed by atoms with Gasteiger partial charge in [0.05, 0.1) is 23.0 Å². The zero-order chi connectivity index (χ0) is 35.3. The van der Waals surface area contributed by atoms with Gasteiger partial charge in [0.1, 0.15) is 36.0 Å². The number of aliphatic hydroxyl groups excluding tert-OH is 1. The predicted molar refractivity (Wildman–Crippen MR) is 193 cm³/mol. The standard InChI is InChI=1S/C37H44N4O5SSi/c1-9-41(18-19-42)27-13-10-25(11-14-27)12-16-31-34-35(45-28(23-43-34)24-44-48(7,8)36(2,3)4)32(47-31)17-15-30-29(22-40)33(26(20-38)21-39)46-37(30,5)6/h10-17,28,42H,9,18-19,23-24H2,1-8H3. The average molecular weight is 685 g/mol. The van der Waals surface area contributed by atoms with Crippen molar-refractivity contribution in [2.24, 2.45) is 0 Å². The van der Waals surface area contributed by atoms with Crippen LogP contribution in [-0.2, 0) is 9.16 Å². The minimum absolute atomic E-state index is 0.00385. The molecule has 0 spiro atoms. The van der Waals surface area contributed by atoms with Gasteiger partial charge in [-0.1, -0.05) is 45.1 Å². The van der Waals surface area contributed by atoms with E-state index in [-0.39, 0.29) is 34.7 Å². The van der Waals surface area contributed by atoms with Gasteiger partial charge in [-0.15, -0.1) is 11.3 Å². The normalized spacial score (nSPS) is 17.3. The van der Waals surface area contributed by atoms with Crippen LogP contribution >= 0.6 is 11.3 Å². The Morgan fingerprint density at radius 2 is 1.71 bits per heavy atom. The van der Waals surface area contributed by atoms with Crippen molar-refractivity contribution in [1.82, 2.24) is 0 Å². The summed E-state index contributed by atoms with van der Waals surface area (Å²) in [6, 6.07) is 14.0. The number of allylic oxidation sites excluding steroid dienone is 2. The third-order valence-electron chi connectivity index (χ3n) is 8.91. The molecule has 3 heterocycles. The van der Waals surface area contributed by atoms with E-state index in [2.05, 4.69) is 51.8 Å². The lowest BCUT2D eigenvalue weighted by atomic mass is 9.94. The highest BCUT2D eigenvalue weighted by atomic mass is 32.1. The van der Waals surface area contributed by atoms with Crippen LogP contribution in [0.4, 0.5) is 5.69 Å². The van der Waals surface area contributed by atoms with Crippen molar-refractivity contribution in [3.05, 3.63) is 68.1 Å². The zero-order valence-electron chi connectivity index (χ0n) is 29.0.